The van der Waals surface area contributed by atoms with Crippen molar-refractivity contribution in [1.29, 1.82) is 0 Å². The van der Waals surface area contributed by atoms with Crippen molar-refractivity contribution in [3.63, 3.8) is 0 Å². The number of rotatable bonds is 11. The molecule has 0 radical (unpaired) electrons. The maximum Gasteiger partial charge on any atom is 0.297 e. The summed E-state index contributed by atoms with van der Waals surface area (Å²) in [5.74, 6) is -1.00. The molecule has 0 heterocycles. The van der Waals surface area contributed by atoms with Gasteiger partial charge in [-0.25, -0.2) is 0 Å². The number of methoxy groups -OCH3 is 1. The fourth-order valence-corrected chi connectivity index (χ4v) is 5.07. The van der Waals surface area contributed by atoms with Crippen molar-refractivity contribution in [3.8, 4) is 0 Å². The van der Waals surface area contributed by atoms with Gasteiger partial charge in [0.05, 0.1) is 11.8 Å². The van der Waals surface area contributed by atoms with Gasteiger partial charge in [0.25, 0.3) is 10.1 Å². The van der Waals surface area contributed by atoms with E-state index < -0.39 is 21.9 Å². The van der Waals surface area contributed by atoms with E-state index in [1.807, 2.05) is 30.3 Å². The molecule has 2 unspecified atom stereocenters. The predicted molar refractivity (Wildman–Crippen MR) is 131 cm³/mol. The van der Waals surface area contributed by atoms with Gasteiger partial charge in [-0.15, -0.1) is 0 Å². The summed E-state index contributed by atoms with van der Waals surface area (Å²) < 4.78 is 39.5. The third-order valence-corrected chi connectivity index (χ3v) is 6.88. The van der Waals surface area contributed by atoms with Crippen LogP contribution in [0, 0.1) is 5.92 Å². The lowest BCUT2D eigenvalue weighted by molar-refractivity contribution is -0.126. The van der Waals surface area contributed by atoms with Gasteiger partial charge in [-0.3, -0.25) is 14.1 Å². The number of carbonyl (C=O) groups is 2. The first-order chi connectivity index (χ1) is 16.2. The number of hydrogen-bond acceptors (Lipinski definition) is 5. The summed E-state index contributed by atoms with van der Waals surface area (Å²) in [7, 11) is -3.04. The molecule has 0 aromatic heterocycles. The second kappa shape index (κ2) is 11.4. The van der Waals surface area contributed by atoms with Crippen LogP contribution in [0.5, 0.6) is 0 Å². The largest absolute Gasteiger partial charge is 0.381 e. The molecule has 8 heteroatoms. The molecular weight excluding hydrogens is 454 g/mol. The molecule has 0 bridgehead atoms. The first-order valence-electron chi connectivity index (χ1n) is 11.1. The Hall–Kier alpha value is -3.07. The topological polar surface area (TPSA) is 110 Å². The standard InChI is InChI=1S/C26H29NO6S/c1-18(28)21(24(33-2)16-12-19-8-4-3-5-9-19)14-17-25(29)27-23-15-13-20-10-6-7-11-22(20)26(23)34(30,31)32/h3-11,13,15,21,24H,12,14,16-17H2,1-2H3,(H,27,29)(H,30,31,32). The van der Waals surface area contributed by atoms with E-state index in [1.165, 1.54) is 13.0 Å². The number of nitrogens with one attached hydrogen (secondary N) is 1. The fourth-order valence-electron chi connectivity index (χ4n) is 4.21. The minimum Gasteiger partial charge on any atom is -0.381 e. The highest BCUT2D eigenvalue weighted by Gasteiger charge is 2.27. The fraction of sp³-hybridized carbons (Fsp3) is 0.308. The van der Waals surface area contributed by atoms with Crippen molar-refractivity contribution >= 4 is 38.3 Å². The first kappa shape index (κ1) is 25.6. The van der Waals surface area contributed by atoms with Crippen LogP contribution < -0.4 is 5.32 Å². The molecule has 3 aromatic rings. The molecule has 180 valence electrons. The highest BCUT2D eigenvalue weighted by molar-refractivity contribution is 7.86. The van der Waals surface area contributed by atoms with Gasteiger partial charge in [-0.05, 0) is 43.2 Å². The molecular formula is C26H29NO6S. The van der Waals surface area contributed by atoms with Crippen molar-refractivity contribution in [3.05, 3.63) is 72.3 Å². The Labute approximate surface area is 199 Å². The van der Waals surface area contributed by atoms with Gasteiger partial charge in [-0.1, -0.05) is 60.7 Å². The molecule has 0 aliphatic heterocycles. The molecule has 3 aromatic carbocycles. The second-order valence-electron chi connectivity index (χ2n) is 8.24. The van der Waals surface area contributed by atoms with Crippen LogP contribution in [-0.4, -0.2) is 37.9 Å². The van der Waals surface area contributed by atoms with Crippen LogP contribution in [-0.2, 0) is 30.9 Å². The predicted octanol–water partition coefficient (Wildman–Crippen LogP) is 4.66. The quantitative estimate of drug-likeness (QED) is 0.384. The van der Waals surface area contributed by atoms with Gasteiger partial charge in [0, 0.05) is 24.8 Å². The summed E-state index contributed by atoms with van der Waals surface area (Å²) >= 11 is 0. The Morgan fingerprint density at radius 3 is 2.29 bits per heavy atom. The van der Waals surface area contributed by atoms with Gasteiger partial charge < -0.3 is 10.1 Å². The lowest BCUT2D eigenvalue weighted by Crippen LogP contribution is -2.30. The van der Waals surface area contributed by atoms with Gasteiger partial charge in [0.2, 0.25) is 5.91 Å². The van der Waals surface area contributed by atoms with Crippen molar-refractivity contribution in [2.75, 3.05) is 12.4 Å². The van der Waals surface area contributed by atoms with Crippen LogP contribution >= 0.6 is 0 Å². The zero-order valence-corrected chi connectivity index (χ0v) is 20.0. The zero-order chi connectivity index (χ0) is 24.7. The smallest absolute Gasteiger partial charge is 0.297 e. The summed E-state index contributed by atoms with van der Waals surface area (Å²) in [6.45, 7) is 1.48. The third-order valence-electron chi connectivity index (χ3n) is 5.93. The van der Waals surface area contributed by atoms with E-state index in [9.17, 15) is 22.6 Å². The number of Topliss-reactive ketones (excluding diaryl/α,β-unsaturated/α-hetero) is 1. The summed E-state index contributed by atoms with van der Waals surface area (Å²) in [5.41, 5.74) is 1.14. The van der Waals surface area contributed by atoms with Crippen molar-refractivity contribution in [2.45, 2.75) is 43.6 Å². The zero-order valence-electron chi connectivity index (χ0n) is 19.2. The molecule has 0 saturated heterocycles. The number of anilines is 1. The average Bonchev–Trinajstić information content (AvgIpc) is 2.80. The van der Waals surface area contributed by atoms with Crippen LogP contribution in [0.3, 0.4) is 0 Å². The van der Waals surface area contributed by atoms with Crippen LogP contribution in [0.2, 0.25) is 0 Å². The number of ketones is 1. The average molecular weight is 484 g/mol. The lowest BCUT2D eigenvalue weighted by atomic mass is 9.89. The molecule has 1 amide bonds. The number of carbonyl (C=O) groups excluding carboxylic acids is 2. The van der Waals surface area contributed by atoms with E-state index in [2.05, 4.69) is 5.32 Å². The first-order valence-corrected chi connectivity index (χ1v) is 12.5. The molecule has 2 N–H and O–H groups in total. The number of hydrogen-bond donors (Lipinski definition) is 2. The van der Waals surface area contributed by atoms with Crippen LogP contribution in [0.1, 0.15) is 31.7 Å². The molecule has 2 atom stereocenters. The maximum absolute atomic E-state index is 12.7. The monoisotopic (exact) mass is 483 g/mol. The molecule has 0 aliphatic rings. The Morgan fingerprint density at radius 2 is 1.65 bits per heavy atom. The van der Waals surface area contributed by atoms with E-state index >= 15 is 0 Å². The number of ether oxygens (including phenoxy) is 1. The summed E-state index contributed by atoms with van der Waals surface area (Å²) in [4.78, 5) is 24.7. The molecule has 0 saturated carbocycles. The van der Waals surface area contributed by atoms with Gasteiger partial charge in [0.1, 0.15) is 10.7 Å². The Balaban J connectivity index is 1.71. The molecule has 0 fully saturated rings. The number of benzene rings is 3. The van der Waals surface area contributed by atoms with Gasteiger partial charge in [0.15, 0.2) is 0 Å². The van der Waals surface area contributed by atoms with Crippen molar-refractivity contribution < 1.29 is 27.3 Å². The van der Waals surface area contributed by atoms with Gasteiger partial charge in [-0.2, -0.15) is 8.42 Å². The number of aryl methyl sites for hydroxylation is 1. The van der Waals surface area contributed by atoms with Crippen LogP contribution in [0.15, 0.2) is 71.6 Å². The van der Waals surface area contributed by atoms with Crippen molar-refractivity contribution in [2.24, 2.45) is 5.92 Å². The molecule has 0 aliphatic carbocycles. The van der Waals surface area contributed by atoms with E-state index in [1.54, 1.807) is 37.4 Å². The maximum atomic E-state index is 12.7. The van der Waals surface area contributed by atoms with E-state index in [4.69, 9.17) is 4.74 Å². The Morgan fingerprint density at radius 1 is 0.971 bits per heavy atom. The molecule has 3 rings (SSSR count). The molecule has 0 spiro atoms. The van der Waals surface area contributed by atoms with E-state index in [0.717, 1.165) is 12.0 Å². The minimum atomic E-state index is -4.59. The van der Waals surface area contributed by atoms with E-state index in [-0.39, 0.29) is 35.3 Å². The number of amides is 1. The SMILES string of the molecule is COC(CCc1ccccc1)C(CCC(=O)Nc1ccc2ccccc2c1S(=O)(=O)O)C(C)=O. The number of fused-ring (bicyclic) bond motifs is 1. The highest BCUT2D eigenvalue weighted by Crippen LogP contribution is 2.31. The third kappa shape index (κ3) is 6.50. The summed E-state index contributed by atoms with van der Waals surface area (Å²) in [6, 6.07) is 19.7. The van der Waals surface area contributed by atoms with Gasteiger partial charge >= 0.3 is 0 Å². The second-order valence-corrected chi connectivity index (χ2v) is 9.60. The summed E-state index contributed by atoms with van der Waals surface area (Å²) in [6.07, 6.45) is 1.27. The normalized spacial score (nSPS) is 13.4. The highest BCUT2D eigenvalue weighted by atomic mass is 32.2. The van der Waals surface area contributed by atoms with Crippen LogP contribution in [0.25, 0.3) is 10.8 Å². The van der Waals surface area contributed by atoms with E-state index in [0.29, 0.717) is 17.2 Å². The lowest BCUT2D eigenvalue weighted by Gasteiger charge is -2.24. The molecule has 7 nitrogen and oxygen atoms in total. The van der Waals surface area contributed by atoms with Crippen molar-refractivity contribution in [1.82, 2.24) is 0 Å². The molecule has 34 heavy (non-hydrogen) atoms. The Kier molecular flexibility index (Phi) is 8.55. The Bertz CT molecular complexity index is 1260. The minimum absolute atomic E-state index is 0.00190. The summed E-state index contributed by atoms with van der Waals surface area (Å²) in [5, 5.41) is 3.51. The van der Waals surface area contributed by atoms with Crippen LogP contribution in [0.4, 0.5) is 5.69 Å².